The summed E-state index contributed by atoms with van der Waals surface area (Å²) in [5.74, 6) is 0.765. The Kier molecular flexibility index (Phi) is 2.13. The second kappa shape index (κ2) is 2.98. The molecule has 0 spiro atoms. The maximum atomic E-state index is 10.9. The van der Waals surface area contributed by atoms with E-state index < -0.39 is 0 Å². The largest absolute Gasteiger partial charge is 0.370 e. The van der Waals surface area contributed by atoms with E-state index in [4.69, 9.17) is 5.73 Å². The van der Waals surface area contributed by atoms with Crippen LogP contribution in [0.2, 0.25) is 0 Å². The Morgan fingerprint density at radius 1 is 1.36 bits per heavy atom. The lowest BCUT2D eigenvalue weighted by molar-refractivity contribution is -0.118. The van der Waals surface area contributed by atoms with E-state index in [-0.39, 0.29) is 5.91 Å². The topological polar surface area (TPSA) is 43.1 Å². The monoisotopic (exact) mass is 195 g/mol. The van der Waals surface area contributed by atoms with Gasteiger partial charge >= 0.3 is 0 Å². The van der Waals surface area contributed by atoms with Crippen molar-refractivity contribution in [1.29, 1.82) is 0 Å². The van der Waals surface area contributed by atoms with Crippen LogP contribution in [0.25, 0.3) is 0 Å². The minimum absolute atomic E-state index is 0.134. The number of carbonyl (C=O) groups is 1. The van der Waals surface area contributed by atoms with Gasteiger partial charge in [0.25, 0.3) is 0 Å². The van der Waals surface area contributed by atoms with Gasteiger partial charge in [-0.15, -0.1) is 0 Å². The maximum Gasteiger partial charge on any atom is 0.217 e. The molecule has 2 saturated carbocycles. The van der Waals surface area contributed by atoms with E-state index in [0.717, 1.165) is 12.3 Å². The Balaban J connectivity index is 2.11. The van der Waals surface area contributed by atoms with Gasteiger partial charge in [-0.05, 0) is 48.9 Å². The molecule has 2 fully saturated rings. The van der Waals surface area contributed by atoms with E-state index in [2.05, 4.69) is 13.8 Å². The van der Waals surface area contributed by atoms with E-state index in [0.29, 0.717) is 17.3 Å². The second-order valence-corrected chi connectivity index (χ2v) is 5.74. The number of nitrogens with two attached hydrogens (primary N) is 1. The van der Waals surface area contributed by atoms with Crippen molar-refractivity contribution in [3.05, 3.63) is 0 Å². The van der Waals surface area contributed by atoms with E-state index in [1.807, 2.05) is 0 Å². The fourth-order valence-corrected chi connectivity index (χ4v) is 3.90. The lowest BCUT2D eigenvalue weighted by Crippen LogP contribution is -2.31. The average Bonchev–Trinajstić information content (AvgIpc) is 2.51. The van der Waals surface area contributed by atoms with Crippen LogP contribution in [-0.2, 0) is 4.79 Å². The third kappa shape index (κ3) is 1.19. The number of hydrogen-bond donors (Lipinski definition) is 1. The van der Waals surface area contributed by atoms with Gasteiger partial charge < -0.3 is 5.73 Å². The number of primary amides is 1. The van der Waals surface area contributed by atoms with E-state index in [9.17, 15) is 4.79 Å². The van der Waals surface area contributed by atoms with E-state index in [1.165, 1.54) is 25.7 Å². The molecular formula is C12H21NO. The minimum atomic E-state index is -0.134. The minimum Gasteiger partial charge on any atom is -0.370 e. The third-order valence-electron chi connectivity index (χ3n) is 5.18. The summed E-state index contributed by atoms with van der Waals surface area (Å²) in [5.41, 5.74) is 6.13. The van der Waals surface area contributed by atoms with Gasteiger partial charge in [-0.2, -0.15) is 0 Å². The normalized spacial score (nSPS) is 38.9. The first-order chi connectivity index (χ1) is 6.48. The molecule has 0 heterocycles. The Labute approximate surface area is 86.2 Å². The summed E-state index contributed by atoms with van der Waals surface area (Å²) in [4.78, 5) is 10.9. The molecule has 2 aliphatic carbocycles. The lowest BCUT2D eigenvalue weighted by atomic mass is 9.67. The standard InChI is InChI=1S/C12H21NO/c1-11(2)9-3-6-12(11,7-4-9)8-5-10(13)14/h9H,3-8H2,1-2H3,(H2,13,14). The fourth-order valence-electron chi connectivity index (χ4n) is 3.90. The van der Waals surface area contributed by atoms with Crippen LogP contribution in [0.15, 0.2) is 0 Å². The first-order valence-corrected chi connectivity index (χ1v) is 5.76. The van der Waals surface area contributed by atoms with Crippen LogP contribution in [-0.4, -0.2) is 5.91 Å². The van der Waals surface area contributed by atoms with Crippen LogP contribution in [0.5, 0.6) is 0 Å². The molecule has 0 aromatic heterocycles. The van der Waals surface area contributed by atoms with Crippen molar-refractivity contribution in [3.63, 3.8) is 0 Å². The lowest BCUT2D eigenvalue weighted by Gasteiger charge is -2.38. The second-order valence-electron chi connectivity index (χ2n) is 5.74. The molecule has 2 aliphatic rings. The summed E-state index contributed by atoms with van der Waals surface area (Å²) in [5, 5.41) is 0. The molecule has 0 aromatic rings. The van der Waals surface area contributed by atoms with Gasteiger partial charge in [0.15, 0.2) is 0 Å². The molecule has 2 heteroatoms. The summed E-state index contributed by atoms with van der Waals surface area (Å²) in [6, 6.07) is 0. The smallest absolute Gasteiger partial charge is 0.217 e. The quantitative estimate of drug-likeness (QED) is 0.738. The number of rotatable bonds is 3. The molecule has 14 heavy (non-hydrogen) atoms. The molecule has 2 bridgehead atoms. The van der Waals surface area contributed by atoms with Crippen molar-refractivity contribution in [2.75, 3.05) is 0 Å². The summed E-state index contributed by atoms with van der Waals surface area (Å²) in [6.07, 6.45) is 6.97. The van der Waals surface area contributed by atoms with Gasteiger partial charge in [0.2, 0.25) is 5.91 Å². The van der Waals surface area contributed by atoms with E-state index >= 15 is 0 Å². The zero-order chi connectivity index (χ0) is 10.4. The zero-order valence-corrected chi connectivity index (χ0v) is 9.31. The zero-order valence-electron chi connectivity index (χ0n) is 9.31. The van der Waals surface area contributed by atoms with Gasteiger partial charge in [0, 0.05) is 6.42 Å². The van der Waals surface area contributed by atoms with Crippen molar-refractivity contribution < 1.29 is 4.79 Å². The summed E-state index contributed by atoms with van der Waals surface area (Å²) >= 11 is 0. The first-order valence-electron chi connectivity index (χ1n) is 5.76. The van der Waals surface area contributed by atoms with Crippen LogP contribution in [0.3, 0.4) is 0 Å². The number of carbonyl (C=O) groups excluding carboxylic acids is 1. The molecule has 80 valence electrons. The van der Waals surface area contributed by atoms with Crippen molar-refractivity contribution >= 4 is 5.91 Å². The van der Waals surface area contributed by atoms with Crippen molar-refractivity contribution in [1.82, 2.24) is 0 Å². The predicted molar refractivity (Wildman–Crippen MR) is 56.6 cm³/mol. The Hall–Kier alpha value is -0.530. The fraction of sp³-hybridized carbons (Fsp3) is 0.917. The van der Waals surface area contributed by atoms with E-state index in [1.54, 1.807) is 0 Å². The maximum absolute atomic E-state index is 10.9. The number of amides is 1. The molecule has 0 aliphatic heterocycles. The Morgan fingerprint density at radius 3 is 2.29 bits per heavy atom. The molecule has 0 aromatic carbocycles. The van der Waals surface area contributed by atoms with Gasteiger partial charge in [-0.25, -0.2) is 0 Å². The Bertz CT molecular complexity index is 249. The van der Waals surface area contributed by atoms with Crippen LogP contribution in [0.4, 0.5) is 0 Å². The molecule has 1 amide bonds. The molecule has 2 nitrogen and oxygen atoms in total. The molecule has 0 radical (unpaired) electrons. The van der Waals surface area contributed by atoms with Crippen LogP contribution in [0, 0.1) is 16.7 Å². The van der Waals surface area contributed by atoms with Crippen LogP contribution < -0.4 is 5.73 Å². The summed E-state index contributed by atoms with van der Waals surface area (Å²) in [7, 11) is 0. The Morgan fingerprint density at radius 2 is 1.93 bits per heavy atom. The molecule has 0 atom stereocenters. The molecule has 0 unspecified atom stereocenters. The van der Waals surface area contributed by atoms with Crippen LogP contribution in [0.1, 0.15) is 52.4 Å². The third-order valence-corrected chi connectivity index (χ3v) is 5.18. The summed E-state index contributed by atoms with van der Waals surface area (Å²) in [6.45, 7) is 4.78. The van der Waals surface area contributed by atoms with Crippen molar-refractivity contribution in [2.45, 2.75) is 52.4 Å². The molecular weight excluding hydrogens is 174 g/mol. The average molecular weight is 195 g/mol. The highest BCUT2D eigenvalue weighted by molar-refractivity contribution is 5.73. The molecule has 2 N–H and O–H groups in total. The SMILES string of the molecule is CC1(C)C2CCC1(CCC(N)=O)CC2. The summed E-state index contributed by atoms with van der Waals surface area (Å²) < 4.78 is 0. The highest BCUT2D eigenvalue weighted by atomic mass is 16.1. The highest BCUT2D eigenvalue weighted by Gasteiger charge is 2.57. The van der Waals surface area contributed by atoms with Crippen molar-refractivity contribution in [2.24, 2.45) is 22.5 Å². The van der Waals surface area contributed by atoms with Gasteiger partial charge in [-0.1, -0.05) is 13.8 Å². The van der Waals surface area contributed by atoms with Gasteiger partial charge in [0.05, 0.1) is 0 Å². The highest BCUT2D eigenvalue weighted by Crippen LogP contribution is 2.67. The molecule has 2 rings (SSSR count). The first kappa shape index (κ1) is 10.0. The van der Waals surface area contributed by atoms with Crippen molar-refractivity contribution in [3.8, 4) is 0 Å². The number of fused-ring (bicyclic) bond motifs is 2. The predicted octanol–water partition coefficient (Wildman–Crippen LogP) is 2.47. The number of hydrogen-bond acceptors (Lipinski definition) is 1. The van der Waals surface area contributed by atoms with Crippen LogP contribution >= 0.6 is 0 Å². The van der Waals surface area contributed by atoms with Gasteiger partial charge in [0.1, 0.15) is 0 Å². The molecule has 0 saturated heterocycles. The van der Waals surface area contributed by atoms with Gasteiger partial charge in [-0.3, -0.25) is 4.79 Å².